The zero-order valence-corrected chi connectivity index (χ0v) is 19.6. The van der Waals surface area contributed by atoms with Gasteiger partial charge in [-0.2, -0.15) is 0 Å². The molecule has 1 saturated heterocycles. The van der Waals surface area contributed by atoms with Gasteiger partial charge in [-0.3, -0.25) is 4.98 Å². The topological polar surface area (TPSA) is 53.8 Å². The summed E-state index contributed by atoms with van der Waals surface area (Å²) in [5.74, 6) is 2.56. The van der Waals surface area contributed by atoms with Crippen LogP contribution in [0.2, 0.25) is 0 Å². The summed E-state index contributed by atoms with van der Waals surface area (Å²) in [7, 11) is 4.18. The molecule has 1 fully saturated rings. The second-order valence-corrected chi connectivity index (χ2v) is 8.52. The third-order valence-corrected chi connectivity index (χ3v) is 5.92. The molecule has 1 aliphatic rings. The van der Waals surface area contributed by atoms with Crippen LogP contribution in [-0.2, 0) is 0 Å². The first-order valence-electron chi connectivity index (χ1n) is 11.0. The molecule has 32 heavy (non-hydrogen) atoms. The van der Waals surface area contributed by atoms with Gasteiger partial charge in [0.1, 0.15) is 23.3 Å². The van der Waals surface area contributed by atoms with Crippen LogP contribution in [0.4, 0.5) is 0 Å². The Balaban J connectivity index is 1.62. The lowest BCUT2D eigenvalue weighted by Gasteiger charge is -2.26. The Hall–Kier alpha value is -2.90. The predicted molar refractivity (Wildman–Crippen MR) is 131 cm³/mol. The average Bonchev–Trinajstić information content (AvgIpc) is 3.40. The number of pyridine rings is 1. The van der Waals surface area contributed by atoms with Crippen LogP contribution in [0.5, 0.6) is 5.75 Å². The molecule has 0 saturated carbocycles. The van der Waals surface area contributed by atoms with Crippen molar-refractivity contribution in [1.82, 2.24) is 20.1 Å². The molecule has 168 valence electrons. The van der Waals surface area contributed by atoms with Crippen molar-refractivity contribution in [3.05, 3.63) is 72.2 Å². The van der Waals surface area contributed by atoms with Gasteiger partial charge < -0.3 is 24.3 Å². The third-order valence-electron chi connectivity index (χ3n) is 5.57. The van der Waals surface area contributed by atoms with E-state index in [1.54, 1.807) is 0 Å². The molecule has 0 spiro atoms. The van der Waals surface area contributed by atoms with Gasteiger partial charge in [-0.25, -0.2) is 0 Å². The van der Waals surface area contributed by atoms with Gasteiger partial charge in [-0.1, -0.05) is 6.07 Å². The maximum absolute atomic E-state index is 6.39. The normalized spacial score (nSPS) is 18.2. The molecule has 0 aliphatic carbocycles. The van der Waals surface area contributed by atoms with Crippen LogP contribution in [0.25, 0.3) is 11.3 Å². The molecular formula is C25H30N4O2S. The molecule has 3 aromatic rings. The summed E-state index contributed by atoms with van der Waals surface area (Å²) >= 11 is 5.73. The molecule has 0 radical (unpaired) electrons. The van der Waals surface area contributed by atoms with E-state index < -0.39 is 0 Å². The van der Waals surface area contributed by atoms with Crippen molar-refractivity contribution in [2.45, 2.75) is 25.4 Å². The molecule has 0 amide bonds. The van der Waals surface area contributed by atoms with Crippen LogP contribution >= 0.6 is 12.2 Å². The Kier molecular flexibility index (Phi) is 7.07. The zero-order valence-electron chi connectivity index (χ0n) is 18.8. The highest BCUT2D eigenvalue weighted by Gasteiger charge is 2.41. The summed E-state index contributed by atoms with van der Waals surface area (Å²) in [5, 5.41) is 4.22. The number of nitrogens with zero attached hydrogens (tertiary/aromatic N) is 3. The highest BCUT2D eigenvalue weighted by atomic mass is 32.1. The number of hydrogen-bond acceptors (Lipinski definition) is 5. The largest absolute Gasteiger partial charge is 0.494 e. The number of hydrogen-bond donors (Lipinski definition) is 1. The summed E-state index contributed by atoms with van der Waals surface area (Å²) in [6, 6.07) is 17.9. The predicted octanol–water partition coefficient (Wildman–Crippen LogP) is 4.66. The minimum absolute atomic E-state index is 0.0592. The Bertz CT molecular complexity index is 1020. The van der Waals surface area contributed by atoms with E-state index in [0.29, 0.717) is 6.61 Å². The Morgan fingerprint density at radius 2 is 1.94 bits per heavy atom. The fourth-order valence-corrected chi connectivity index (χ4v) is 4.39. The maximum atomic E-state index is 6.39. The molecule has 6 nitrogen and oxygen atoms in total. The second kappa shape index (κ2) is 10.1. The molecule has 2 atom stereocenters. The molecule has 0 bridgehead atoms. The first-order chi connectivity index (χ1) is 15.6. The smallest absolute Gasteiger partial charge is 0.170 e. The standard InChI is InChI=1S/C25H30N4O2S/c1-4-30-19-11-9-18(10-12-19)21-13-14-22(31-21)24-23(20-8-5-6-15-26-20)27-25(32)29(24)17-7-16-28(2)3/h5-6,8-15,23-24H,4,7,16-17H2,1-3H3,(H,27,32)/t23-,24-/m1/s1. The van der Waals surface area contributed by atoms with Gasteiger partial charge in [0.25, 0.3) is 0 Å². The van der Waals surface area contributed by atoms with Crippen LogP contribution < -0.4 is 10.1 Å². The van der Waals surface area contributed by atoms with E-state index in [1.165, 1.54) is 0 Å². The molecule has 4 rings (SSSR count). The van der Waals surface area contributed by atoms with Gasteiger partial charge in [0.05, 0.1) is 18.3 Å². The summed E-state index contributed by atoms with van der Waals surface area (Å²) < 4.78 is 11.9. The number of rotatable bonds is 9. The second-order valence-electron chi connectivity index (χ2n) is 8.14. The van der Waals surface area contributed by atoms with Crippen LogP contribution in [0.1, 0.15) is 36.9 Å². The SMILES string of the molecule is CCOc1ccc(-c2ccc([C@@H]3[C@@H](c4ccccn4)NC(=S)N3CCCN(C)C)o2)cc1. The molecular weight excluding hydrogens is 420 g/mol. The van der Waals surface area contributed by atoms with E-state index >= 15 is 0 Å². The van der Waals surface area contributed by atoms with Crippen molar-refractivity contribution in [3.8, 4) is 17.1 Å². The number of aromatic nitrogens is 1. The molecule has 0 unspecified atom stereocenters. The van der Waals surface area contributed by atoms with E-state index in [4.69, 9.17) is 21.4 Å². The van der Waals surface area contributed by atoms with Gasteiger partial charge in [0.2, 0.25) is 0 Å². The third kappa shape index (κ3) is 4.95. The van der Waals surface area contributed by atoms with E-state index in [-0.39, 0.29) is 12.1 Å². The number of ether oxygens (including phenoxy) is 1. The molecule has 3 heterocycles. The highest BCUT2D eigenvalue weighted by Crippen LogP contribution is 2.40. The van der Waals surface area contributed by atoms with Crippen molar-refractivity contribution < 1.29 is 9.15 Å². The highest BCUT2D eigenvalue weighted by molar-refractivity contribution is 7.80. The monoisotopic (exact) mass is 450 g/mol. The Morgan fingerprint density at radius 3 is 2.62 bits per heavy atom. The average molecular weight is 451 g/mol. The van der Waals surface area contributed by atoms with Crippen molar-refractivity contribution >= 4 is 17.3 Å². The van der Waals surface area contributed by atoms with Gasteiger partial charge in [-0.15, -0.1) is 0 Å². The fourth-order valence-electron chi connectivity index (χ4n) is 4.06. The van der Waals surface area contributed by atoms with Crippen molar-refractivity contribution in [2.75, 3.05) is 33.8 Å². The van der Waals surface area contributed by atoms with Crippen LogP contribution in [0.3, 0.4) is 0 Å². The van der Waals surface area contributed by atoms with E-state index in [0.717, 1.165) is 53.2 Å². The molecule has 1 aliphatic heterocycles. The molecule has 1 N–H and O–H groups in total. The van der Waals surface area contributed by atoms with Gasteiger partial charge in [-0.05, 0) is 94.7 Å². The van der Waals surface area contributed by atoms with Crippen LogP contribution in [0.15, 0.2) is 65.2 Å². The Morgan fingerprint density at radius 1 is 1.12 bits per heavy atom. The lowest BCUT2D eigenvalue weighted by molar-refractivity contribution is 0.261. The Labute approximate surface area is 195 Å². The van der Waals surface area contributed by atoms with Gasteiger partial charge in [0, 0.05) is 18.3 Å². The quantitative estimate of drug-likeness (QED) is 0.476. The first kappa shape index (κ1) is 22.3. The van der Waals surface area contributed by atoms with E-state index in [1.807, 2.05) is 61.7 Å². The number of thiocarbonyl (C=S) groups is 1. The number of furan rings is 1. The maximum Gasteiger partial charge on any atom is 0.170 e. The van der Waals surface area contributed by atoms with Crippen LogP contribution in [-0.4, -0.2) is 53.7 Å². The number of nitrogens with one attached hydrogen (secondary N) is 1. The lowest BCUT2D eigenvalue weighted by Crippen LogP contribution is -2.32. The van der Waals surface area contributed by atoms with Crippen LogP contribution in [0, 0.1) is 0 Å². The van der Waals surface area contributed by atoms with Crippen molar-refractivity contribution in [3.63, 3.8) is 0 Å². The zero-order chi connectivity index (χ0) is 22.5. The summed E-state index contributed by atoms with van der Waals surface area (Å²) in [6.07, 6.45) is 2.83. The lowest BCUT2D eigenvalue weighted by atomic mass is 10.0. The first-order valence-corrected chi connectivity index (χ1v) is 11.4. The van der Waals surface area contributed by atoms with E-state index in [2.05, 4.69) is 40.3 Å². The summed E-state index contributed by atoms with van der Waals surface area (Å²) in [5.41, 5.74) is 1.97. The minimum Gasteiger partial charge on any atom is -0.494 e. The molecule has 7 heteroatoms. The van der Waals surface area contributed by atoms with E-state index in [9.17, 15) is 0 Å². The number of benzene rings is 1. The van der Waals surface area contributed by atoms with Crippen molar-refractivity contribution in [1.29, 1.82) is 0 Å². The minimum atomic E-state index is -0.0672. The summed E-state index contributed by atoms with van der Waals surface area (Å²) in [6.45, 7) is 4.47. The molecule has 1 aromatic carbocycles. The fraction of sp³-hybridized carbons (Fsp3) is 0.360. The molecule has 2 aromatic heterocycles. The van der Waals surface area contributed by atoms with Crippen molar-refractivity contribution in [2.24, 2.45) is 0 Å². The summed E-state index contributed by atoms with van der Waals surface area (Å²) in [4.78, 5) is 9.02. The van der Waals surface area contributed by atoms with Gasteiger partial charge in [0.15, 0.2) is 5.11 Å². The van der Waals surface area contributed by atoms with Gasteiger partial charge >= 0.3 is 0 Å².